The largest absolute Gasteiger partial charge is 0.473 e. The third kappa shape index (κ3) is 2.61. The minimum atomic E-state index is -1.15. The second-order valence-corrected chi connectivity index (χ2v) is 1.60. The van der Waals surface area contributed by atoms with Crippen LogP contribution in [0.15, 0.2) is 0 Å². The Balaban J connectivity index is 4.02. The summed E-state index contributed by atoms with van der Waals surface area (Å²) in [6.45, 7) is 1.81. The summed E-state index contributed by atoms with van der Waals surface area (Å²) in [6.07, 6.45) is 0.984. The van der Waals surface area contributed by atoms with Crippen molar-refractivity contribution < 1.29 is 14.7 Å². The maximum atomic E-state index is 10.0. The Morgan fingerprint density at radius 2 is 2.33 bits per heavy atom. The molecule has 0 aromatic heterocycles. The van der Waals surface area contributed by atoms with Gasteiger partial charge in [-0.3, -0.25) is 0 Å². The van der Waals surface area contributed by atoms with E-state index in [1.54, 1.807) is 0 Å². The number of hydrogen-bond acceptors (Lipinski definition) is 1. The molecule has 4 heteroatoms. The molecule has 0 radical (unpaired) electrons. The molecule has 0 aliphatic heterocycles. The predicted octanol–water partition coefficient (Wildman–Crippen LogP) is 0.542. The minimum Gasteiger partial charge on any atom is -0.473 e. The summed E-state index contributed by atoms with van der Waals surface area (Å²) < 4.78 is 0. The summed E-state index contributed by atoms with van der Waals surface area (Å²) in [4.78, 5) is 12.6. The number of aliphatic carboxylic acids is 1. The second kappa shape index (κ2) is 3.80. The van der Waals surface area contributed by atoms with E-state index < -0.39 is 5.97 Å². The maximum absolute atomic E-state index is 10.0. The van der Waals surface area contributed by atoms with Crippen LogP contribution in [0.2, 0.25) is 0 Å². The van der Waals surface area contributed by atoms with E-state index in [4.69, 9.17) is 10.6 Å². The van der Waals surface area contributed by atoms with Crippen LogP contribution in [0.4, 0.5) is 0 Å². The Morgan fingerprint density at radius 3 is 2.44 bits per heavy atom. The van der Waals surface area contributed by atoms with E-state index in [1.165, 1.54) is 0 Å². The van der Waals surface area contributed by atoms with Gasteiger partial charge in [0.1, 0.15) is 0 Å². The van der Waals surface area contributed by atoms with Crippen molar-refractivity contribution in [1.82, 2.24) is 0 Å². The average molecular weight is 128 g/mol. The molecule has 50 valence electrons. The summed E-state index contributed by atoms with van der Waals surface area (Å²) in [5.74, 6) is -1.15. The van der Waals surface area contributed by atoms with Gasteiger partial charge < -0.3 is 10.6 Å². The smallest absolute Gasteiger partial charge is 0.414 e. The summed E-state index contributed by atoms with van der Waals surface area (Å²) in [5.41, 5.74) is 7.85. The molecule has 0 aliphatic rings. The van der Waals surface area contributed by atoms with Crippen LogP contribution >= 0.6 is 0 Å². The van der Waals surface area contributed by atoms with E-state index in [0.717, 1.165) is 0 Å². The van der Waals surface area contributed by atoms with Gasteiger partial charge in [-0.15, -0.1) is 0 Å². The molecule has 0 unspecified atom stereocenters. The van der Waals surface area contributed by atoms with E-state index in [2.05, 4.69) is 4.79 Å². The summed E-state index contributed by atoms with van der Waals surface area (Å²) >= 11 is 0. The standard InChI is InChI=1S/C5H8N2O2/c1-2-3-4(7-6)5(8)9/h2-3H2,1H3,(H,8,9). The molecular formula is C5H8N2O2. The first-order valence-corrected chi connectivity index (χ1v) is 2.66. The molecule has 0 saturated heterocycles. The summed E-state index contributed by atoms with van der Waals surface area (Å²) in [7, 11) is 0. The Kier molecular flexibility index (Phi) is 3.32. The number of carbonyl (C=O) groups is 1. The van der Waals surface area contributed by atoms with E-state index in [-0.39, 0.29) is 5.71 Å². The normalized spacial score (nSPS) is 8.11. The van der Waals surface area contributed by atoms with Gasteiger partial charge in [0, 0.05) is 0 Å². The number of rotatable bonds is 3. The van der Waals surface area contributed by atoms with Crippen molar-refractivity contribution in [3.63, 3.8) is 0 Å². The van der Waals surface area contributed by atoms with Crippen LogP contribution in [0.1, 0.15) is 19.8 Å². The fraction of sp³-hybridized carbons (Fsp3) is 0.600. The Hall–Kier alpha value is -1.15. The molecule has 0 amide bonds. The fourth-order valence-corrected chi connectivity index (χ4v) is 0.437. The highest BCUT2D eigenvalue weighted by molar-refractivity contribution is 6.32. The fourth-order valence-electron chi connectivity index (χ4n) is 0.437. The van der Waals surface area contributed by atoms with Crippen LogP contribution < -0.4 is 0 Å². The Morgan fingerprint density at radius 1 is 1.78 bits per heavy atom. The van der Waals surface area contributed by atoms with Gasteiger partial charge in [-0.25, -0.2) is 4.79 Å². The van der Waals surface area contributed by atoms with Crippen molar-refractivity contribution in [2.45, 2.75) is 19.8 Å². The lowest BCUT2D eigenvalue weighted by atomic mass is 10.2. The zero-order valence-electron chi connectivity index (χ0n) is 5.16. The highest BCUT2D eigenvalue weighted by Gasteiger charge is 2.15. The highest BCUT2D eigenvalue weighted by atomic mass is 16.4. The van der Waals surface area contributed by atoms with Crippen LogP contribution in [0.25, 0.3) is 5.53 Å². The maximum Gasteiger partial charge on any atom is 0.414 e. The lowest BCUT2D eigenvalue weighted by Gasteiger charge is -1.82. The molecule has 4 nitrogen and oxygen atoms in total. The van der Waals surface area contributed by atoms with Crippen LogP contribution in [0, 0.1) is 0 Å². The van der Waals surface area contributed by atoms with Crippen molar-refractivity contribution in [2.75, 3.05) is 0 Å². The van der Waals surface area contributed by atoms with Crippen molar-refractivity contribution in [3.05, 3.63) is 5.53 Å². The van der Waals surface area contributed by atoms with E-state index in [0.29, 0.717) is 12.8 Å². The first-order chi connectivity index (χ1) is 4.22. The zero-order valence-corrected chi connectivity index (χ0v) is 5.16. The third-order valence-electron chi connectivity index (χ3n) is 0.854. The van der Waals surface area contributed by atoms with Crippen molar-refractivity contribution in [2.24, 2.45) is 0 Å². The van der Waals surface area contributed by atoms with E-state index in [1.807, 2.05) is 6.92 Å². The van der Waals surface area contributed by atoms with Crippen LogP contribution in [0.3, 0.4) is 0 Å². The van der Waals surface area contributed by atoms with Gasteiger partial charge in [0.2, 0.25) is 0 Å². The first-order valence-electron chi connectivity index (χ1n) is 2.66. The van der Waals surface area contributed by atoms with Gasteiger partial charge >= 0.3 is 11.7 Å². The molecule has 0 fully saturated rings. The summed E-state index contributed by atoms with van der Waals surface area (Å²) in [5, 5.41) is 8.21. The lowest BCUT2D eigenvalue weighted by Crippen LogP contribution is -2.13. The predicted molar refractivity (Wildman–Crippen MR) is 31.2 cm³/mol. The Bertz CT molecular complexity index is 158. The van der Waals surface area contributed by atoms with Crippen molar-refractivity contribution in [1.29, 1.82) is 0 Å². The average Bonchev–Trinajstić information content (AvgIpc) is 1.82. The first kappa shape index (κ1) is 7.85. The van der Waals surface area contributed by atoms with Crippen molar-refractivity contribution in [3.8, 4) is 0 Å². The molecule has 0 aliphatic carbocycles. The molecule has 0 aromatic carbocycles. The van der Waals surface area contributed by atoms with Gasteiger partial charge in [-0.1, -0.05) is 6.92 Å². The van der Waals surface area contributed by atoms with Crippen LogP contribution in [-0.4, -0.2) is 21.6 Å². The second-order valence-electron chi connectivity index (χ2n) is 1.60. The third-order valence-corrected chi connectivity index (χ3v) is 0.854. The number of hydrogen-bond donors (Lipinski definition) is 1. The molecule has 0 aromatic rings. The van der Waals surface area contributed by atoms with E-state index >= 15 is 0 Å². The highest BCUT2D eigenvalue weighted by Crippen LogP contribution is 1.87. The van der Waals surface area contributed by atoms with Gasteiger partial charge in [-0.05, 0) is 6.42 Å². The molecular weight excluding hydrogens is 120 g/mol. The van der Waals surface area contributed by atoms with Gasteiger partial charge in [0.05, 0.1) is 6.42 Å². The Labute approximate surface area is 52.7 Å². The quantitative estimate of drug-likeness (QED) is 0.342. The molecule has 9 heavy (non-hydrogen) atoms. The van der Waals surface area contributed by atoms with Crippen LogP contribution in [0.5, 0.6) is 0 Å². The van der Waals surface area contributed by atoms with Gasteiger partial charge in [0.15, 0.2) is 0 Å². The molecule has 0 rings (SSSR count). The summed E-state index contributed by atoms with van der Waals surface area (Å²) in [6, 6.07) is 0. The molecule has 1 N–H and O–H groups in total. The molecule has 0 atom stereocenters. The number of carboxylic acid groups (broad SMARTS) is 1. The zero-order chi connectivity index (χ0) is 7.28. The van der Waals surface area contributed by atoms with E-state index in [9.17, 15) is 4.79 Å². The number of carboxylic acids is 1. The topological polar surface area (TPSA) is 73.7 Å². The minimum absolute atomic E-state index is 0.183. The van der Waals surface area contributed by atoms with Crippen LogP contribution in [-0.2, 0) is 4.79 Å². The molecule has 0 spiro atoms. The lowest BCUT2D eigenvalue weighted by molar-refractivity contribution is -0.134. The van der Waals surface area contributed by atoms with Gasteiger partial charge in [-0.2, -0.15) is 4.79 Å². The monoisotopic (exact) mass is 128 g/mol. The SMILES string of the molecule is CCCC(=[N+]=[N-])C(=O)O. The van der Waals surface area contributed by atoms with Gasteiger partial charge in [0.25, 0.3) is 0 Å². The molecule has 0 heterocycles. The molecule has 0 bridgehead atoms. The van der Waals surface area contributed by atoms with Crippen molar-refractivity contribution >= 4 is 11.7 Å². The molecule has 0 saturated carbocycles. The number of nitrogens with zero attached hydrogens (tertiary/aromatic N) is 2.